The van der Waals surface area contributed by atoms with Gasteiger partial charge in [-0.1, -0.05) is 78.9 Å². The number of hydrogen-bond acceptors (Lipinski definition) is 4. The van der Waals surface area contributed by atoms with Crippen molar-refractivity contribution in [1.82, 2.24) is 4.90 Å². The van der Waals surface area contributed by atoms with Crippen LogP contribution in [0.15, 0.2) is 109 Å². The fraction of sp³-hybridized carbons (Fsp3) is 0.188. The fourth-order valence-electron chi connectivity index (χ4n) is 4.64. The Labute approximate surface area is 228 Å². The maximum atomic E-state index is 13.7. The summed E-state index contributed by atoms with van der Waals surface area (Å²) in [4.78, 5) is 28.1. The number of piperidine rings is 1. The Kier molecular flexibility index (Phi) is 8.19. The smallest absolute Gasteiger partial charge is 0.323 e. The molecule has 3 N–H and O–H groups in total. The first-order valence-corrected chi connectivity index (χ1v) is 13.1. The van der Waals surface area contributed by atoms with Gasteiger partial charge in [-0.2, -0.15) is 0 Å². The van der Waals surface area contributed by atoms with Gasteiger partial charge >= 0.3 is 6.03 Å². The maximum absolute atomic E-state index is 13.7. The zero-order valence-electron chi connectivity index (χ0n) is 21.5. The van der Waals surface area contributed by atoms with Gasteiger partial charge in [-0.05, 0) is 54.3 Å². The Morgan fingerprint density at radius 1 is 0.744 bits per heavy atom. The number of carbonyl (C=O) groups is 2. The van der Waals surface area contributed by atoms with E-state index in [0.717, 1.165) is 11.1 Å². The van der Waals surface area contributed by atoms with Crippen LogP contribution >= 0.6 is 0 Å². The SMILES string of the molecule is O=C(Nc1ccccc1)Nc1ccc(OC(c2ccccc2)c2ccccc2)c(C(=O)N2CCC(O)CC2)c1. The normalized spacial score (nSPS) is 13.6. The third-order valence-corrected chi connectivity index (χ3v) is 6.70. The second-order valence-electron chi connectivity index (χ2n) is 9.50. The summed E-state index contributed by atoms with van der Waals surface area (Å²) in [5.41, 5.74) is 3.37. The molecule has 0 aliphatic carbocycles. The number of aliphatic hydroxyl groups is 1. The van der Waals surface area contributed by atoms with E-state index >= 15 is 0 Å². The summed E-state index contributed by atoms with van der Waals surface area (Å²) in [5, 5.41) is 15.6. The van der Waals surface area contributed by atoms with Gasteiger partial charge in [0.25, 0.3) is 5.91 Å². The molecule has 0 bridgehead atoms. The summed E-state index contributed by atoms with van der Waals surface area (Å²) in [6.07, 6.45) is 0.203. The Morgan fingerprint density at radius 2 is 1.28 bits per heavy atom. The van der Waals surface area contributed by atoms with Crippen molar-refractivity contribution in [3.05, 3.63) is 126 Å². The van der Waals surface area contributed by atoms with E-state index in [2.05, 4.69) is 10.6 Å². The number of nitrogens with one attached hydrogen (secondary N) is 2. The Morgan fingerprint density at radius 3 is 1.87 bits per heavy atom. The first kappa shape index (κ1) is 26.0. The van der Waals surface area contributed by atoms with Crippen LogP contribution in [0, 0.1) is 0 Å². The van der Waals surface area contributed by atoms with Gasteiger partial charge in [-0.3, -0.25) is 4.79 Å². The van der Waals surface area contributed by atoms with Crippen molar-refractivity contribution in [2.75, 3.05) is 23.7 Å². The fourth-order valence-corrected chi connectivity index (χ4v) is 4.64. The lowest BCUT2D eigenvalue weighted by molar-refractivity contribution is 0.0542. The quantitative estimate of drug-likeness (QED) is 0.274. The van der Waals surface area contributed by atoms with Crippen LogP contribution in [0.4, 0.5) is 16.2 Å². The molecule has 0 radical (unpaired) electrons. The predicted molar refractivity (Wildman–Crippen MR) is 152 cm³/mol. The topological polar surface area (TPSA) is 90.9 Å². The summed E-state index contributed by atoms with van der Waals surface area (Å²) in [5.74, 6) is 0.210. The van der Waals surface area contributed by atoms with Crippen LogP contribution in [0.1, 0.15) is 40.4 Å². The lowest BCUT2D eigenvalue weighted by atomic mass is 10.0. The molecule has 198 valence electrons. The number of likely N-dealkylation sites (tertiary alicyclic amines) is 1. The molecule has 0 atom stereocenters. The third kappa shape index (κ3) is 6.64. The lowest BCUT2D eigenvalue weighted by Gasteiger charge is -2.30. The van der Waals surface area contributed by atoms with Crippen molar-refractivity contribution in [1.29, 1.82) is 0 Å². The number of ether oxygens (including phenoxy) is 1. The van der Waals surface area contributed by atoms with E-state index in [1.54, 1.807) is 35.2 Å². The molecule has 7 nitrogen and oxygen atoms in total. The standard InChI is InChI=1S/C32H31N3O4/c36-27-18-20-35(21-19-27)31(37)28-22-26(34-32(38)33-25-14-8-3-9-15-25)16-17-29(28)39-30(23-10-4-1-5-11-23)24-12-6-2-7-13-24/h1-17,22,27,30,36H,18-21H2,(H2,33,34,38). The maximum Gasteiger partial charge on any atom is 0.323 e. The van der Waals surface area contributed by atoms with E-state index in [-0.39, 0.29) is 5.91 Å². The summed E-state index contributed by atoms with van der Waals surface area (Å²) < 4.78 is 6.58. The number of amides is 3. The first-order chi connectivity index (χ1) is 19.1. The minimum atomic E-state index is -0.442. The second kappa shape index (κ2) is 12.3. The van der Waals surface area contributed by atoms with Crippen LogP contribution in [0.2, 0.25) is 0 Å². The minimum absolute atomic E-state index is 0.205. The molecule has 1 aliphatic rings. The lowest BCUT2D eigenvalue weighted by Crippen LogP contribution is -2.40. The van der Waals surface area contributed by atoms with Crippen molar-refractivity contribution >= 4 is 23.3 Å². The van der Waals surface area contributed by atoms with E-state index < -0.39 is 18.2 Å². The molecule has 0 saturated carbocycles. The highest BCUT2D eigenvalue weighted by molar-refractivity contribution is 6.02. The van der Waals surface area contributed by atoms with Crippen LogP contribution in [-0.2, 0) is 0 Å². The Balaban J connectivity index is 1.46. The van der Waals surface area contributed by atoms with Crippen LogP contribution in [-0.4, -0.2) is 41.1 Å². The van der Waals surface area contributed by atoms with Gasteiger partial charge in [0.2, 0.25) is 0 Å². The number of urea groups is 1. The zero-order valence-corrected chi connectivity index (χ0v) is 21.5. The molecule has 4 aromatic carbocycles. The molecule has 5 rings (SSSR count). The van der Waals surface area contributed by atoms with Crippen LogP contribution in [0.25, 0.3) is 0 Å². The molecule has 7 heteroatoms. The average molecular weight is 522 g/mol. The van der Waals surface area contributed by atoms with E-state index in [0.29, 0.717) is 48.6 Å². The van der Waals surface area contributed by atoms with Gasteiger partial charge in [0.05, 0.1) is 11.7 Å². The van der Waals surface area contributed by atoms with Gasteiger partial charge < -0.3 is 25.4 Å². The molecular weight excluding hydrogens is 490 g/mol. The highest BCUT2D eigenvalue weighted by atomic mass is 16.5. The van der Waals surface area contributed by atoms with Crippen LogP contribution in [0.5, 0.6) is 5.75 Å². The zero-order chi connectivity index (χ0) is 27.0. The molecule has 3 amide bonds. The Hall–Kier alpha value is -4.62. The van der Waals surface area contributed by atoms with E-state index in [4.69, 9.17) is 4.74 Å². The molecule has 0 spiro atoms. The largest absolute Gasteiger partial charge is 0.480 e. The van der Waals surface area contributed by atoms with Crippen molar-refractivity contribution in [2.24, 2.45) is 0 Å². The van der Waals surface area contributed by atoms with Gasteiger partial charge in [0.1, 0.15) is 11.9 Å². The van der Waals surface area contributed by atoms with E-state index in [9.17, 15) is 14.7 Å². The van der Waals surface area contributed by atoms with E-state index in [1.807, 2.05) is 78.9 Å². The summed E-state index contributed by atoms with van der Waals surface area (Å²) in [6.45, 7) is 0.902. The molecule has 0 unspecified atom stereocenters. The molecule has 0 aromatic heterocycles. The number of hydrogen-bond donors (Lipinski definition) is 3. The molecule has 39 heavy (non-hydrogen) atoms. The summed E-state index contributed by atoms with van der Waals surface area (Å²) in [6, 6.07) is 33.5. The highest BCUT2D eigenvalue weighted by Crippen LogP contribution is 2.33. The number of para-hydroxylation sites is 1. The number of anilines is 2. The van der Waals surface area contributed by atoms with Crippen molar-refractivity contribution in [3.63, 3.8) is 0 Å². The monoisotopic (exact) mass is 521 g/mol. The molecule has 1 fully saturated rings. The molecular formula is C32H31N3O4. The highest BCUT2D eigenvalue weighted by Gasteiger charge is 2.27. The van der Waals surface area contributed by atoms with Gasteiger partial charge in [-0.15, -0.1) is 0 Å². The molecule has 4 aromatic rings. The van der Waals surface area contributed by atoms with Crippen LogP contribution in [0.3, 0.4) is 0 Å². The number of carbonyl (C=O) groups excluding carboxylic acids is 2. The molecule has 1 saturated heterocycles. The van der Waals surface area contributed by atoms with Gasteiger partial charge in [-0.25, -0.2) is 4.79 Å². The van der Waals surface area contributed by atoms with Crippen molar-refractivity contribution < 1.29 is 19.4 Å². The molecule has 1 heterocycles. The number of benzene rings is 4. The second-order valence-corrected chi connectivity index (χ2v) is 9.50. The summed E-state index contributed by atoms with van der Waals surface area (Å²) >= 11 is 0. The van der Waals surface area contributed by atoms with E-state index in [1.165, 1.54) is 0 Å². The Bertz CT molecular complexity index is 1350. The number of rotatable bonds is 7. The minimum Gasteiger partial charge on any atom is -0.480 e. The van der Waals surface area contributed by atoms with Gasteiger partial charge in [0, 0.05) is 24.5 Å². The summed E-state index contributed by atoms with van der Waals surface area (Å²) in [7, 11) is 0. The van der Waals surface area contributed by atoms with Gasteiger partial charge in [0.15, 0.2) is 0 Å². The molecule has 1 aliphatic heterocycles. The van der Waals surface area contributed by atoms with Crippen molar-refractivity contribution in [3.8, 4) is 5.75 Å². The number of nitrogens with zero attached hydrogens (tertiary/aromatic N) is 1. The van der Waals surface area contributed by atoms with Crippen molar-refractivity contribution in [2.45, 2.75) is 25.0 Å². The number of aliphatic hydroxyl groups excluding tert-OH is 1. The first-order valence-electron chi connectivity index (χ1n) is 13.1. The van der Waals surface area contributed by atoms with Crippen LogP contribution < -0.4 is 15.4 Å². The average Bonchev–Trinajstić information content (AvgIpc) is 2.98. The third-order valence-electron chi connectivity index (χ3n) is 6.70. The predicted octanol–water partition coefficient (Wildman–Crippen LogP) is 6.10.